The van der Waals surface area contributed by atoms with Crippen LogP contribution >= 0.6 is 0 Å². The Hall–Kier alpha value is -3.30. The number of hydrogen-bond acceptors (Lipinski definition) is 9. The molecule has 6 atom stereocenters. The van der Waals surface area contributed by atoms with E-state index in [9.17, 15) is 28.8 Å². The number of nitrogens with one attached hydrogen (secondary N) is 5. The lowest BCUT2D eigenvalue weighted by molar-refractivity contribution is -0.141. The van der Waals surface area contributed by atoms with E-state index in [-0.39, 0.29) is 6.42 Å². The molecule has 0 aliphatic carbocycles. The van der Waals surface area contributed by atoms with Crippen LogP contribution < -0.4 is 43.8 Å². The van der Waals surface area contributed by atoms with Crippen LogP contribution in [0.5, 0.6) is 0 Å². The molecule has 0 unspecified atom stereocenters. The van der Waals surface area contributed by atoms with Gasteiger partial charge in [0.05, 0.1) is 6.04 Å². The summed E-state index contributed by atoms with van der Waals surface area (Å²) < 4.78 is 0. The summed E-state index contributed by atoms with van der Waals surface area (Å²) in [6.45, 7) is 6.39. The number of carboxylic acid groups (broad SMARTS) is 1. The third-order valence-corrected chi connectivity index (χ3v) is 5.87. The molecule has 15 nitrogen and oxygen atoms in total. The number of aliphatic carboxylic acids is 1. The van der Waals surface area contributed by atoms with Crippen LogP contribution in [0.25, 0.3) is 0 Å². The maximum Gasteiger partial charge on any atom is 0.325 e. The van der Waals surface area contributed by atoms with Gasteiger partial charge in [0, 0.05) is 0 Å². The van der Waals surface area contributed by atoms with Gasteiger partial charge in [-0.3, -0.25) is 28.8 Å². The Labute approximate surface area is 229 Å². The van der Waals surface area contributed by atoms with E-state index in [0.29, 0.717) is 38.8 Å². The minimum atomic E-state index is -1.23. The fourth-order valence-corrected chi connectivity index (χ4v) is 3.27. The highest BCUT2D eigenvalue weighted by Gasteiger charge is 2.28. The molecule has 39 heavy (non-hydrogen) atoms. The highest BCUT2D eigenvalue weighted by Crippen LogP contribution is 2.03. The maximum absolute atomic E-state index is 12.8. The van der Waals surface area contributed by atoms with E-state index in [2.05, 4.69) is 26.6 Å². The van der Waals surface area contributed by atoms with Gasteiger partial charge in [0.15, 0.2) is 0 Å². The Morgan fingerprint density at radius 1 is 0.564 bits per heavy atom. The van der Waals surface area contributed by atoms with Crippen molar-refractivity contribution in [2.24, 2.45) is 17.2 Å². The summed E-state index contributed by atoms with van der Waals surface area (Å²) in [7, 11) is 0. The third kappa shape index (κ3) is 14.4. The van der Waals surface area contributed by atoms with Crippen molar-refractivity contribution in [2.75, 3.05) is 13.1 Å². The van der Waals surface area contributed by atoms with Gasteiger partial charge in [-0.15, -0.1) is 0 Å². The van der Waals surface area contributed by atoms with E-state index >= 15 is 0 Å². The molecule has 0 radical (unpaired) electrons. The fourth-order valence-electron chi connectivity index (χ4n) is 3.27. The van der Waals surface area contributed by atoms with Crippen molar-refractivity contribution >= 4 is 35.5 Å². The first-order valence-electron chi connectivity index (χ1n) is 13.1. The van der Waals surface area contributed by atoms with Crippen LogP contribution in [-0.2, 0) is 28.8 Å². The number of carbonyl (C=O) groups excluding carboxylic acids is 5. The van der Waals surface area contributed by atoms with E-state index in [0.717, 1.165) is 6.42 Å². The number of carbonyl (C=O) groups is 6. The van der Waals surface area contributed by atoms with Gasteiger partial charge in [-0.25, -0.2) is 0 Å². The van der Waals surface area contributed by atoms with Gasteiger partial charge in [-0.05, 0) is 72.9 Å². The summed E-state index contributed by atoms with van der Waals surface area (Å²) in [5, 5.41) is 21.2. The van der Waals surface area contributed by atoms with Crippen LogP contribution in [-0.4, -0.2) is 90.0 Å². The summed E-state index contributed by atoms with van der Waals surface area (Å²) in [4.78, 5) is 73.5. The molecule has 12 N–H and O–H groups in total. The molecule has 0 fully saturated rings. The molecule has 0 aromatic carbocycles. The van der Waals surface area contributed by atoms with Crippen LogP contribution in [0.2, 0.25) is 0 Å². The zero-order valence-electron chi connectivity index (χ0n) is 23.2. The lowest BCUT2D eigenvalue weighted by Crippen LogP contribution is -2.57. The SMILES string of the molecule is C[C@H](NC(=O)[C@H](C)NC(=O)[C@H](CCCCN)NC(=O)[C@H](C)NC(=O)[C@H](C)NC(=O)[C@@H](N)CCCCN)C(=O)O. The first-order valence-corrected chi connectivity index (χ1v) is 13.1. The zero-order chi connectivity index (χ0) is 30.1. The molecule has 0 aromatic rings. The van der Waals surface area contributed by atoms with E-state index in [1.54, 1.807) is 0 Å². The molecule has 0 aliphatic rings. The van der Waals surface area contributed by atoms with Crippen LogP contribution in [0.3, 0.4) is 0 Å². The van der Waals surface area contributed by atoms with Gasteiger partial charge in [0.2, 0.25) is 29.5 Å². The zero-order valence-corrected chi connectivity index (χ0v) is 23.2. The summed E-state index contributed by atoms with van der Waals surface area (Å²) in [6.07, 6.45) is 3.12. The Kier molecular flexibility index (Phi) is 17.3. The second-order valence-corrected chi connectivity index (χ2v) is 9.50. The summed E-state index contributed by atoms with van der Waals surface area (Å²) >= 11 is 0. The Morgan fingerprint density at radius 2 is 0.949 bits per heavy atom. The van der Waals surface area contributed by atoms with E-state index in [1.807, 2.05) is 0 Å². The number of rotatable bonds is 19. The molecule has 0 spiro atoms. The van der Waals surface area contributed by atoms with Crippen LogP contribution in [0, 0.1) is 0 Å². The molecular formula is C24H46N8O7. The van der Waals surface area contributed by atoms with Gasteiger partial charge in [0.25, 0.3) is 0 Å². The molecule has 0 heterocycles. The summed E-state index contributed by atoms with van der Waals surface area (Å²) in [5.74, 6) is -4.38. The highest BCUT2D eigenvalue weighted by molar-refractivity contribution is 5.95. The average Bonchev–Trinajstić information content (AvgIpc) is 2.87. The molecule has 15 heteroatoms. The van der Waals surface area contributed by atoms with Crippen molar-refractivity contribution in [2.45, 2.75) is 102 Å². The molecule has 224 valence electrons. The molecule has 0 rings (SSSR count). The van der Waals surface area contributed by atoms with E-state index in [4.69, 9.17) is 22.3 Å². The largest absolute Gasteiger partial charge is 0.480 e. The molecule has 5 amide bonds. The van der Waals surface area contributed by atoms with E-state index < -0.39 is 71.8 Å². The van der Waals surface area contributed by atoms with Gasteiger partial charge in [-0.2, -0.15) is 0 Å². The number of hydrogen-bond donors (Lipinski definition) is 9. The fraction of sp³-hybridized carbons (Fsp3) is 0.750. The minimum Gasteiger partial charge on any atom is -0.480 e. The number of nitrogens with two attached hydrogens (primary N) is 3. The Balaban J connectivity index is 5.06. The monoisotopic (exact) mass is 558 g/mol. The van der Waals surface area contributed by atoms with E-state index in [1.165, 1.54) is 27.7 Å². The molecular weight excluding hydrogens is 512 g/mol. The maximum atomic E-state index is 12.8. The summed E-state index contributed by atoms with van der Waals surface area (Å²) in [5.41, 5.74) is 16.8. The van der Waals surface area contributed by atoms with Gasteiger partial charge in [-0.1, -0.05) is 6.42 Å². The van der Waals surface area contributed by atoms with Crippen molar-refractivity contribution in [1.29, 1.82) is 0 Å². The number of unbranched alkanes of at least 4 members (excludes halogenated alkanes) is 2. The Bertz CT molecular complexity index is 841. The van der Waals surface area contributed by atoms with Crippen molar-refractivity contribution in [3.8, 4) is 0 Å². The molecule has 0 aliphatic heterocycles. The van der Waals surface area contributed by atoms with Crippen molar-refractivity contribution in [1.82, 2.24) is 26.6 Å². The van der Waals surface area contributed by atoms with Gasteiger partial charge in [0.1, 0.15) is 30.2 Å². The normalized spacial score (nSPS) is 15.5. The molecule has 0 saturated heterocycles. The second kappa shape index (κ2) is 18.9. The third-order valence-electron chi connectivity index (χ3n) is 5.87. The Morgan fingerprint density at radius 3 is 1.41 bits per heavy atom. The predicted octanol–water partition coefficient (Wildman–Crippen LogP) is -2.84. The lowest BCUT2D eigenvalue weighted by atomic mass is 10.1. The quantitative estimate of drug-likeness (QED) is 0.0733. The smallest absolute Gasteiger partial charge is 0.325 e. The van der Waals surface area contributed by atoms with Crippen molar-refractivity contribution < 1.29 is 33.9 Å². The first-order chi connectivity index (χ1) is 18.2. The minimum absolute atomic E-state index is 0.212. The second-order valence-electron chi connectivity index (χ2n) is 9.50. The molecule has 0 saturated carbocycles. The van der Waals surface area contributed by atoms with Gasteiger partial charge < -0.3 is 48.9 Å². The van der Waals surface area contributed by atoms with Crippen molar-refractivity contribution in [3.63, 3.8) is 0 Å². The first kappa shape index (κ1) is 35.7. The molecule has 0 bridgehead atoms. The van der Waals surface area contributed by atoms with Crippen molar-refractivity contribution in [3.05, 3.63) is 0 Å². The number of amides is 5. The summed E-state index contributed by atoms with van der Waals surface area (Å²) in [6, 6.07) is -6.09. The average molecular weight is 559 g/mol. The van der Waals surface area contributed by atoms with Gasteiger partial charge >= 0.3 is 5.97 Å². The predicted molar refractivity (Wildman–Crippen MR) is 144 cm³/mol. The standard InChI is InChI=1S/C24H46N8O7/c1-13(29-22(36)17(27)9-5-7-11-25)19(33)28-15(3)21(35)32-18(10-6-8-12-26)23(37)30-14(2)20(34)31-16(4)24(38)39/h13-18H,5-12,25-27H2,1-4H3,(H,28,33)(H,29,36)(H,30,37)(H,31,34)(H,32,35)(H,38,39)/t13-,14-,15-,16-,17-,18-/m0/s1. The highest BCUT2D eigenvalue weighted by atomic mass is 16.4. The van der Waals surface area contributed by atoms with Crippen LogP contribution in [0.4, 0.5) is 0 Å². The topological polar surface area (TPSA) is 261 Å². The van der Waals surface area contributed by atoms with Crippen LogP contribution in [0.15, 0.2) is 0 Å². The van der Waals surface area contributed by atoms with Crippen LogP contribution in [0.1, 0.15) is 66.2 Å². The molecule has 0 aromatic heterocycles. The number of carboxylic acids is 1. The lowest BCUT2D eigenvalue weighted by Gasteiger charge is -2.24.